The highest BCUT2D eigenvalue weighted by atomic mass is 19.1. The van der Waals surface area contributed by atoms with E-state index in [0.29, 0.717) is 30.4 Å². The standard InChI is InChI=1S/C25H37FO3/c1-3-5-7-8-21-16-20-14-13-19(23(26)24(20)29-25(21)27)12-10-18-11-15-22(28-17-18)9-6-4-2/h13-14,18,21-22H,3-12,15-17H2,1-2H3. The topological polar surface area (TPSA) is 35.5 Å². The van der Waals surface area contributed by atoms with Crippen molar-refractivity contribution >= 4 is 5.97 Å². The van der Waals surface area contributed by atoms with E-state index in [1.54, 1.807) is 0 Å². The normalized spacial score (nSPS) is 24.2. The van der Waals surface area contributed by atoms with E-state index < -0.39 is 0 Å². The molecule has 162 valence electrons. The summed E-state index contributed by atoms with van der Waals surface area (Å²) >= 11 is 0. The number of unbranched alkanes of at least 4 members (excludes halogenated alkanes) is 3. The zero-order valence-electron chi connectivity index (χ0n) is 18.2. The first kappa shape index (κ1) is 22.3. The van der Waals surface area contributed by atoms with Crippen LogP contribution in [0.4, 0.5) is 4.39 Å². The molecule has 0 aliphatic carbocycles. The van der Waals surface area contributed by atoms with Gasteiger partial charge >= 0.3 is 5.97 Å². The van der Waals surface area contributed by atoms with Crippen molar-refractivity contribution in [1.82, 2.24) is 0 Å². The first-order valence-corrected chi connectivity index (χ1v) is 11.8. The maximum absolute atomic E-state index is 15.0. The van der Waals surface area contributed by atoms with Gasteiger partial charge in [-0.25, -0.2) is 4.39 Å². The largest absolute Gasteiger partial charge is 0.423 e. The molecular weight excluding hydrogens is 367 g/mol. The molecule has 0 bridgehead atoms. The molecule has 3 rings (SSSR count). The summed E-state index contributed by atoms with van der Waals surface area (Å²) < 4.78 is 26.5. The van der Waals surface area contributed by atoms with Crippen LogP contribution in [0, 0.1) is 17.7 Å². The third-order valence-corrected chi connectivity index (χ3v) is 6.58. The molecule has 0 amide bonds. The molecule has 1 aromatic rings. The Morgan fingerprint density at radius 1 is 1.03 bits per heavy atom. The first-order chi connectivity index (χ1) is 14.1. The zero-order valence-corrected chi connectivity index (χ0v) is 18.2. The SMILES string of the molecule is CCCCCC1Cc2ccc(CCC3CCC(CCCC)OC3)c(F)c2OC1=O. The Morgan fingerprint density at radius 2 is 1.86 bits per heavy atom. The maximum atomic E-state index is 15.0. The van der Waals surface area contributed by atoms with Gasteiger partial charge in [-0.2, -0.15) is 0 Å². The van der Waals surface area contributed by atoms with E-state index in [4.69, 9.17) is 9.47 Å². The van der Waals surface area contributed by atoms with E-state index in [-0.39, 0.29) is 23.5 Å². The molecule has 0 aromatic heterocycles. The van der Waals surface area contributed by atoms with Gasteiger partial charge in [-0.1, -0.05) is 58.1 Å². The molecule has 2 aliphatic rings. The van der Waals surface area contributed by atoms with Crippen molar-refractivity contribution in [2.75, 3.05) is 6.61 Å². The van der Waals surface area contributed by atoms with E-state index in [1.165, 1.54) is 12.8 Å². The molecule has 2 aliphatic heterocycles. The summed E-state index contributed by atoms with van der Waals surface area (Å²) in [7, 11) is 0. The Hall–Kier alpha value is -1.42. The molecule has 4 heteroatoms. The molecule has 1 saturated heterocycles. The van der Waals surface area contributed by atoms with Crippen LogP contribution in [0.2, 0.25) is 0 Å². The average molecular weight is 405 g/mol. The van der Waals surface area contributed by atoms with E-state index >= 15 is 4.39 Å². The highest BCUT2D eigenvalue weighted by Crippen LogP contribution is 2.35. The number of hydrogen-bond donors (Lipinski definition) is 0. The fourth-order valence-corrected chi connectivity index (χ4v) is 4.60. The van der Waals surface area contributed by atoms with E-state index in [9.17, 15) is 4.79 Å². The number of hydrogen-bond acceptors (Lipinski definition) is 3. The van der Waals surface area contributed by atoms with Crippen LogP contribution in [-0.4, -0.2) is 18.7 Å². The lowest BCUT2D eigenvalue weighted by molar-refractivity contribution is -0.140. The number of benzene rings is 1. The summed E-state index contributed by atoms with van der Waals surface area (Å²) in [4.78, 5) is 12.3. The third-order valence-electron chi connectivity index (χ3n) is 6.58. The third kappa shape index (κ3) is 6.04. The van der Waals surface area contributed by atoms with Gasteiger partial charge in [-0.3, -0.25) is 4.79 Å². The Bertz CT molecular complexity index is 664. The minimum Gasteiger partial charge on any atom is -0.423 e. The van der Waals surface area contributed by atoms with Gasteiger partial charge in [0, 0.05) is 6.61 Å². The Labute approximate surface area is 175 Å². The fourth-order valence-electron chi connectivity index (χ4n) is 4.60. The molecule has 0 radical (unpaired) electrons. The van der Waals surface area contributed by atoms with Crippen LogP contribution < -0.4 is 4.74 Å². The second-order valence-electron chi connectivity index (χ2n) is 8.92. The monoisotopic (exact) mass is 404 g/mol. The van der Waals surface area contributed by atoms with Crippen molar-refractivity contribution < 1.29 is 18.7 Å². The van der Waals surface area contributed by atoms with Gasteiger partial charge in [0.2, 0.25) is 0 Å². The number of halogens is 1. The van der Waals surface area contributed by atoms with Gasteiger partial charge in [0.05, 0.1) is 12.0 Å². The number of fused-ring (bicyclic) bond motifs is 1. The van der Waals surface area contributed by atoms with Gasteiger partial charge < -0.3 is 9.47 Å². The number of ether oxygens (including phenoxy) is 2. The summed E-state index contributed by atoms with van der Waals surface area (Å²) in [6, 6.07) is 3.86. The lowest BCUT2D eigenvalue weighted by Gasteiger charge is -2.29. The first-order valence-electron chi connectivity index (χ1n) is 11.8. The van der Waals surface area contributed by atoms with Crippen molar-refractivity contribution in [3.05, 3.63) is 29.1 Å². The average Bonchev–Trinajstić information content (AvgIpc) is 2.74. The predicted molar refractivity (Wildman–Crippen MR) is 114 cm³/mol. The lowest BCUT2D eigenvalue weighted by atomic mass is 9.88. The van der Waals surface area contributed by atoms with Crippen LogP contribution in [0.15, 0.2) is 12.1 Å². The molecule has 3 unspecified atom stereocenters. The quantitative estimate of drug-likeness (QED) is 0.257. The van der Waals surface area contributed by atoms with Crippen LogP contribution in [0.3, 0.4) is 0 Å². The van der Waals surface area contributed by atoms with Crippen LogP contribution in [-0.2, 0) is 22.4 Å². The maximum Gasteiger partial charge on any atom is 0.314 e. The summed E-state index contributed by atoms with van der Waals surface area (Å²) in [5.74, 6) is -0.0456. The van der Waals surface area contributed by atoms with Crippen LogP contribution >= 0.6 is 0 Å². The van der Waals surface area contributed by atoms with Gasteiger partial charge in [0.25, 0.3) is 0 Å². The van der Waals surface area contributed by atoms with E-state index in [2.05, 4.69) is 13.8 Å². The molecule has 3 nitrogen and oxygen atoms in total. The van der Waals surface area contributed by atoms with Crippen LogP contribution in [0.5, 0.6) is 5.75 Å². The Balaban J connectivity index is 1.52. The summed E-state index contributed by atoms with van der Waals surface area (Å²) in [5.41, 5.74) is 1.50. The molecule has 3 atom stereocenters. The molecule has 0 saturated carbocycles. The van der Waals surface area contributed by atoms with Gasteiger partial charge in [-0.15, -0.1) is 0 Å². The fraction of sp³-hybridized carbons (Fsp3) is 0.720. The summed E-state index contributed by atoms with van der Waals surface area (Å²) in [6.45, 7) is 5.15. The van der Waals surface area contributed by atoms with Crippen molar-refractivity contribution in [2.24, 2.45) is 11.8 Å². The molecule has 29 heavy (non-hydrogen) atoms. The Kier molecular flexibility index (Phi) is 8.53. The summed E-state index contributed by atoms with van der Waals surface area (Å²) in [5, 5.41) is 0. The molecule has 2 heterocycles. The van der Waals surface area contributed by atoms with E-state index in [0.717, 1.165) is 63.5 Å². The minimum atomic E-state index is -0.333. The molecule has 0 spiro atoms. The van der Waals surface area contributed by atoms with Crippen molar-refractivity contribution in [3.8, 4) is 5.75 Å². The van der Waals surface area contributed by atoms with Crippen LogP contribution in [0.1, 0.15) is 89.2 Å². The molecule has 1 fully saturated rings. The van der Waals surface area contributed by atoms with Gasteiger partial charge in [0.1, 0.15) is 0 Å². The highest BCUT2D eigenvalue weighted by Gasteiger charge is 2.31. The number of aryl methyl sites for hydroxylation is 1. The Morgan fingerprint density at radius 3 is 2.59 bits per heavy atom. The van der Waals surface area contributed by atoms with Crippen molar-refractivity contribution in [1.29, 1.82) is 0 Å². The minimum absolute atomic E-state index is 0.126. The number of carbonyl (C=O) groups excluding carboxylic acids is 1. The number of esters is 1. The van der Waals surface area contributed by atoms with Crippen LogP contribution in [0.25, 0.3) is 0 Å². The zero-order chi connectivity index (χ0) is 20.6. The molecule has 1 aromatic carbocycles. The molecule has 0 N–H and O–H groups in total. The van der Waals surface area contributed by atoms with Crippen molar-refractivity contribution in [3.63, 3.8) is 0 Å². The predicted octanol–water partition coefficient (Wildman–Crippen LogP) is 6.40. The highest BCUT2D eigenvalue weighted by molar-refractivity contribution is 5.78. The van der Waals surface area contributed by atoms with Gasteiger partial charge in [-0.05, 0) is 62.0 Å². The van der Waals surface area contributed by atoms with Gasteiger partial charge in [0.15, 0.2) is 11.6 Å². The summed E-state index contributed by atoms with van der Waals surface area (Å²) in [6.07, 6.45) is 12.6. The number of carbonyl (C=O) groups is 1. The smallest absolute Gasteiger partial charge is 0.314 e. The van der Waals surface area contributed by atoms with Crippen molar-refractivity contribution in [2.45, 2.75) is 97.0 Å². The second kappa shape index (κ2) is 11.1. The number of rotatable bonds is 10. The second-order valence-corrected chi connectivity index (χ2v) is 8.92. The van der Waals surface area contributed by atoms with E-state index in [1.807, 2.05) is 12.1 Å². The molecular formula is C25H37FO3. The lowest BCUT2D eigenvalue weighted by Crippen LogP contribution is -2.28.